The highest BCUT2D eigenvalue weighted by molar-refractivity contribution is 7.17. The van der Waals surface area contributed by atoms with Gasteiger partial charge in [0, 0.05) is 43.3 Å². The molecule has 2 aromatic carbocycles. The molecule has 1 saturated heterocycles. The molecule has 0 unspecified atom stereocenters. The molecule has 4 aromatic rings. The maximum absolute atomic E-state index is 11.9. The summed E-state index contributed by atoms with van der Waals surface area (Å²) in [6.07, 6.45) is 1.62. The van der Waals surface area contributed by atoms with E-state index >= 15 is 0 Å². The number of carbonyl (C=O) groups is 1. The Kier molecular flexibility index (Phi) is 5.83. The zero-order chi connectivity index (χ0) is 21.9. The van der Waals surface area contributed by atoms with Gasteiger partial charge in [-0.25, -0.2) is 9.97 Å². The number of likely N-dealkylation sites (tertiary alicyclic amines) is 1. The van der Waals surface area contributed by atoms with E-state index in [9.17, 15) is 4.79 Å². The number of hydrogen-bond donors (Lipinski definition) is 1. The number of carbonyl (C=O) groups excluding carboxylic acids is 1. The number of benzene rings is 2. The van der Waals surface area contributed by atoms with E-state index in [4.69, 9.17) is 14.7 Å². The molecule has 5 rings (SSSR count). The fourth-order valence-corrected chi connectivity index (χ4v) is 4.99. The Morgan fingerprint density at radius 1 is 1.09 bits per heavy atom. The molecule has 6 nitrogen and oxygen atoms in total. The van der Waals surface area contributed by atoms with Crippen LogP contribution in [0.25, 0.3) is 21.3 Å². The monoisotopic (exact) mass is 444 g/mol. The highest BCUT2D eigenvalue weighted by Crippen LogP contribution is 2.38. The van der Waals surface area contributed by atoms with Gasteiger partial charge < -0.3 is 15.0 Å². The molecule has 3 heterocycles. The summed E-state index contributed by atoms with van der Waals surface area (Å²) in [6.45, 7) is 1.87. The summed E-state index contributed by atoms with van der Waals surface area (Å²) in [4.78, 5) is 24.2. The maximum Gasteiger partial charge on any atom is 0.222 e. The minimum atomic E-state index is 0.243. The van der Waals surface area contributed by atoms with Gasteiger partial charge in [0.05, 0.1) is 5.39 Å². The van der Waals surface area contributed by atoms with Crippen molar-refractivity contribution in [3.63, 3.8) is 0 Å². The summed E-state index contributed by atoms with van der Waals surface area (Å²) >= 11 is 1.61. The van der Waals surface area contributed by atoms with Crippen LogP contribution in [-0.4, -0.2) is 34.4 Å². The molecule has 1 aliphatic rings. The predicted molar refractivity (Wildman–Crippen MR) is 128 cm³/mol. The summed E-state index contributed by atoms with van der Waals surface area (Å²) in [6, 6.07) is 18.5. The lowest BCUT2D eigenvalue weighted by atomic mass is 10.1. The van der Waals surface area contributed by atoms with Gasteiger partial charge in [0.1, 0.15) is 17.3 Å². The van der Waals surface area contributed by atoms with Crippen molar-refractivity contribution in [3.8, 4) is 11.1 Å². The Morgan fingerprint density at radius 3 is 2.62 bits per heavy atom. The van der Waals surface area contributed by atoms with Crippen LogP contribution in [-0.2, 0) is 22.7 Å². The van der Waals surface area contributed by atoms with Crippen molar-refractivity contribution in [1.82, 2.24) is 14.9 Å². The minimum Gasteiger partial charge on any atom is -0.377 e. The van der Waals surface area contributed by atoms with Crippen molar-refractivity contribution < 1.29 is 9.53 Å². The number of rotatable bonds is 7. The Morgan fingerprint density at radius 2 is 1.91 bits per heavy atom. The van der Waals surface area contributed by atoms with Crippen LogP contribution < -0.4 is 5.32 Å². The van der Waals surface area contributed by atoms with Crippen LogP contribution in [0.5, 0.6) is 0 Å². The normalized spacial score (nSPS) is 13.8. The van der Waals surface area contributed by atoms with Crippen LogP contribution in [0.15, 0.2) is 60.0 Å². The minimum absolute atomic E-state index is 0.243. The van der Waals surface area contributed by atoms with Crippen LogP contribution in [0.1, 0.15) is 24.2 Å². The summed E-state index contributed by atoms with van der Waals surface area (Å²) < 4.78 is 5.28. The number of aromatic nitrogens is 2. The number of hydrogen-bond acceptors (Lipinski definition) is 6. The van der Waals surface area contributed by atoms with Crippen molar-refractivity contribution in [1.29, 1.82) is 0 Å². The number of nitrogens with one attached hydrogen (secondary N) is 1. The molecule has 162 valence electrons. The molecule has 1 N–H and O–H groups in total. The molecule has 0 aliphatic carbocycles. The zero-order valence-electron chi connectivity index (χ0n) is 17.9. The van der Waals surface area contributed by atoms with Gasteiger partial charge in [-0.15, -0.1) is 11.3 Å². The van der Waals surface area contributed by atoms with Crippen molar-refractivity contribution in [2.24, 2.45) is 0 Å². The second-order valence-electron chi connectivity index (χ2n) is 7.86. The van der Waals surface area contributed by atoms with Gasteiger partial charge in [-0.2, -0.15) is 0 Å². The molecule has 1 amide bonds. The van der Waals surface area contributed by atoms with E-state index in [0.29, 0.717) is 25.4 Å². The number of amides is 1. The topological polar surface area (TPSA) is 67.3 Å². The van der Waals surface area contributed by atoms with E-state index in [2.05, 4.69) is 35.0 Å². The fraction of sp³-hybridized carbons (Fsp3) is 0.240. The smallest absolute Gasteiger partial charge is 0.222 e. The quantitative estimate of drug-likeness (QED) is 0.415. The third-order valence-corrected chi connectivity index (χ3v) is 6.47. The van der Waals surface area contributed by atoms with E-state index in [-0.39, 0.29) is 5.91 Å². The summed E-state index contributed by atoms with van der Waals surface area (Å²) in [5, 5.41) is 6.63. The molecule has 1 aliphatic heterocycles. The zero-order valence-corrected chi connectivity index (χ0v) is 18.7. The Hall–Kier alpha value is -3.29. The lowest BCUT2D eigenvalue weighted by molar-refractivity contribution is -0.128. The van der Waals surface area contributed by atoms with E-state index in [1.165, 1.54) is 0 Å². The molecule has 32 heavy (non-hydrogen) atoms. The van der Waals surface area contributed by atoms with Gasteiger partial charge in [-0.3, -0.25) is 4.79 Å². The molecule has 0 spiro atoms. The molecule has 0 radical (unpaired) electrons. The standard InChI is InChI=1S/C25H24N4O2S/c1-31-15-21-27-24(23-20(16-32-25(23)28-21)18-6-3-2-4-7-18)26-19-11-9-17(10-12-19)14-29-13-5-8-22(29)30/h2-4,6-7,9-12,16H,5,8,13-15H2,1H3,(H,26,27,28). The van der Waals surface area contributed by atoms with Gasteiger partial charge >= 0.3 is 0 Å². The van der Waals surface area contributed by atoms with E-state index in [0.717, 1.165) is 51.4 Å². The fourth-order valence-electron chi connectivity index (χ4n) is 4.02. The van der Waals surface area contributed by atoms with E-state index in [1.54, 1.807) is 18.4 Å². The highest BCUT2D eigenvalue weighted by atomic mass is 32.1. The first-order valence-electron chi connectivity index (χ1n) is 10.7. The van der Waals surface area contributed by atoms with Gasteiger partial charge in [-0.05, 0) is 29.7 Å². The molecule has 0 bridgehead atoms. The molecule has 1 fully saturated rings. The van der Waals surface area contributed by atoms with Crippen LogP contribution >= 0.6 is 11.3 Å². The van der Waals surface area contributed by atoms with Gasteiger partial charge in [0.25, 0.3) is 0 Å². The van der Waals surface area contributed by atoms with Crippen molar-refractivity contribution in [2.45, 2.75) is 26.0 Å². The third-order valence-electron chi connectivity index (χ3n) is 5.60. The number of nitrogens with zero attached hydrogens (tertiary/aromatic N) is 3. The molecule has 0 atom stereocenters. The average molecular weight is 445 g/mol. The van der Waals surface area contributed by atoms with E-state index in [1.807, 2.05) is 35.2 Å². The van der Waals surface area contributed by atoms with Crippen molar-refractivity contribution in [3.05, 3.63) is 71.4 Å². The molecular weight excluding hydrogens is 420 g/mol. The Balaban J connectivity index is 1.47. The largest absolute Gasteiger partial charge is 0.377 e. The molecule has 7 heteroatoms. The Labute approximate surface area is 190 Å². The molecule has 0 saturated carbocycles. The third kappa shape index (κ3) is 4.22. The first-order chi connectivity index (χ1) is 15.7. The van der Waals surface area contributed by atoms with Crippen molar-refractivity contribution >= 4 is 39.0 Å². The number of fused-ring (bicyclic) bond motifs is 1. The second-order valence-corrected chi connectivity index (χ2v) is 8.72. The Bertz CT molecular complexity index is 1240. The second kappa shape index (κ2) is 9.06. The number of ether oxygens (including phenoxy) is 1. The highest BCUT2D eigenvalue weighted by Gasteiger charge is 2.20. The van der Waals surface area contributed by atoms with Crippen LogP contribution in [0.2, 0.25) is 0 Å². The van der Waals surface area contributed by atoms with Crippen LogP contribution in [0.3, 0.4) is 0 Å². The summed E-state index contributed by atoms with van der Waals surface area (Å²) in [5.74, 6) is 1.66. The molecular formula is C25H24N4O2S. The first-order valence-corrected chi connectivity index (χ1v) is 11.6. The van der Waals surface area contributed by atoms with Gasteiger partial charge in [0.2, 0.25) is 5.91 Å². The number of anilines is 2. The van der Waals surface area contributed by atoms with Gasteiger partial charge in [-0.1, -0.05) is 42.5 Å². The molecule has 2 aromatic heterocycles. The lowest BCUT2D eigenvalue weighted by Crippen LogP contribution is -2.23. The van der Waals surface area contributed by atoms with Crippen LogP contribution in [0, 0.1) is 0 Å². The van der Waals surface area contributed by atoms with Gasteiger partial charge in [0.15, 0.2) is 5.82 Å². The van der Waals surface area contributed by atoms with Crippen LogP contribution in [0.4, 0.5) is 11.5 Å². The van der Waals surface area contributed by atoms with Crippen molar-refractivity contribution in [2.75, 3.05) is 19.0 Å². The summed E-state index contributed by atoms with van der Waals surface area (Å²) in [5.41, 5.74) is 4.31. The maximum atomic E-state index is 11.9. The summed E-state index contributed by atoms with van der Waals surface area (Å²) in [7, 11) is 1.65. The lowest BCUT2D eigenvalue weighted by Gasteiger charge is -2.16. The van der Waals surface area contributed by atoms with E-state index < -0.39 is 0 Å². The first kappa shape index (κ1) is 20.6. The number of thiophene rings is 1. The number of methoxy groups -OCH3 is 1. The average Bonchev–Trinajstić information content (AvgIpc) is 3.42. The predicted octanol–water partition coefficient (Wildman–Crippen LogP) is 5.37. The SMILES string of the molecule is COCc1nc(Nc2ccc(CN3CCCC3=O)cc2)c2c(-c3ccccc3)csc2n1.